The van der Waals surface area contributed by atoms with E-state index in [4.69, 9.17) is 9.47 Å². The predicted molar refractivity (Wildman–Crippen MR) is 189 cm³/mol. The normalized spacial score (nSPS) is 11.8. The Bertz CT molecular complexity index is 1920. The van der Waals surface area contributed by atoms with E-state index in [-0.39, 0.29) is 11.6 Å². The van der Waals surface area contributed by atoms with Crippen LogP contribution in [0, 0.1) is 0 Å². The number of thioether (sulfide) groups is 1. The number of ether oxygens (including phenoxy) is 2. The minimum atomic E-state index is -0.487. The minimum Gasteiger partial charge on any atom is -0.497 e. The van der Waals surface area contributed by atoms with Gasteiger partial charge in [-0.1, -0.05) is 73.7 Å². The predicted octanol–water partition coefficient (Wildman–Crippen LogP) is 7.78. The van der Waals surface area contributed by atoms with Gasteiger partial charge in [-0.2, -0.15) is 0 Å². The molecule has 0 bridgehead atoms. The number of hydrogen-bond donors (Lipinski definition) is 3. The number of benzene rings is 5. The lowest BCUT2D eigenvalue weighted by molar-refractivity contribution is -0.116. The van der Waals surface area contributed by atoms with Crippen molar-refractivity contribution in [3.05, 3.63) is 132 Å². The summed E-state index contributed by atoms with van der Waals surface area (Å²) in [6.07, 6.45) is 2.24. The van der Waals surface area contributed by atoms with Crippen LogP contribution in [0.25, 0.3) is 16.8 Å². The Morgan fingerprint density at radius 3 is 2.30 bits per heavy atom. The zero-order chi connectivity index (χ0) is 33.2. The second kappa shape index (κ2) is 15.6. The molecule has 3 amide bonds. The average Bonchev–Trinajstić information content (AvgIpc) is 3.10. The van der Waals surface area contributed by atoms with Crippen LogP contribution in [0.2, 0.25) is 0 Å². The molecule has 0 fully saturated rings. The average molecular weight is 646 g/mol. The number of carbonyl (C=O) groups excluding carboxylic acids is 3. The molecular formula is C38H35N3O5S. The molecule has 5 rings (SSSR count). The summed E-state index contributed by atoms with van der Waals surface area (Å²) >= 11 is 1.38. The Hall–Kier alpha value is -5.54. The number of carbonyl (C=O) groups is 3. The quantitative estimate of drug-likeness (QED) is 0.0946. The van der Waals surface area contributed by atoms with E-state index in [1.165, 1.54) is 11.8 Å². The molecule has 0 radical (unpaired) electrons. The number of rotatable bonds is 12. The number of nitrogens with one attached hydrogen (secondary N) is 3. The molecule has 5 aromatic carbocycles. The Morgan fingerprint density at radius 1 is 0.787 bits per heavy atom. The SMILES string of the molecule is CCC(Sc1cccc(NC(=O)/C(=C\c2cccc3ccccc23)NC(=O)c2ccccc2)c1)C(=O)Nc1cc(OC)ccc1OC. The third kappa shape index (κ3) is 8.39. The molecule has 0 saturated heterocycles. The summed E-state index contributed by atoms with van der Waals surface area (Å²) < 4.78 is 10.7. The van der Waals surface area contributed by atoms with Crippen molar-refractivity contribution < 1.29 is 23.9 Å². The molecular weight excluding hydrogens is 611 g/mol. The van der Waals surface area contributed by atoms with Gasteiger partial charge in [0.15, 0.2) is 0 Å². The van der Waals surface area contributed by atoms with Crippen LogP contribution in [0.4, 0.5) is 11.4 Å². The maximum atomic E-state index is 13.7. The minimum absolute atomic E-state index is 0.0892. The van der Waals surface area contributed by atoms with E-state index in [2.05, 4.69) is 16.0 Å². The van der Waals surface area contributed by atoms with Gasteiger partial charge in [-0.25, -0.2) is 0 Å². The van der Waals surface area contributed by atoms with Gasteiger partial charge in [-0.05, 0) is 71.3 Å². The molecule has 1 unspecified atom stereocenters. The van der Waals surface area contributed by atoms with Gasteiger partial charge in [0.2, 0.25) is 5.91 Å². The van der Waals surface area contributed by atoms with Gasteiger partial charge in [-0.3, -0.25) is 14.4 Å². The number of hydrogen-bond acceptors (Lipinski definition) is 6. The van der Waals surface area contributed by atoms with Crippen molar-refractivity contribution in [1.29, 1.82) is 0 Å². The van der Waals surface area contributed by atoms with E-state index in [0.717, 1.165) is 21.2 Å². The van der Waals surface area contributed by atoms with Gasteiger partial charge in [0.25, 0.3) is 11.8 Å². The maximum absolute atomic E-state index is 13.7. The molecule has 1 atom stereocenters. The van der Waals surface area contributed by atoms with Crippen LogP contribution in [0.5, 0.6) is 11.5 Å². The van der Waals surface area contributed by atoms with Crippen LogP contribution < -0.4 is 25.4 Å². The number of amides is 3. The lowest BCUT2D eigenvalue weighted by Gasteiger charge is -2.17. The maximum Gasteiger partial charge on any atom is 0.272 e. The van der Waals surface area contributed by atoms with Gasteiger partial charge in [0, 0.05) is 22.2 Å². The largest absolute Gasteiger partial charge is 0.497 e. The smallest absolute Gasteiger partial charge is 0.272 e. The van der Waals surface area contributed by atoms with Crippen LogP contribution in [-0.2, 0) is 9.59 Å². The second-order valence-corrected chi connectivity index (χ2v) is 11.8. The molecule has 0 saturated carbocycles. The molecule has 0 aliphatic carbocycles. The van der Waals surface area contributed by atoms with Crippen LogP contribution in [-0.4, -0.2) is 37.2 Å². The van der Waals surface area contributed by atoms with E-state index in [1.807, 2.05) is 67.6 Å². The molecule has 3 N–H and O–H groups in total. The Kier molecular flexibility index (Phi) is 10.9. The first-order chi connectivity index (χ1) is 22.9. The molecule has 0 aliphatic heterocycles. The first-order valence-corrected chi connectivity index (χ1v) is 15.9. The molecule has 0 aromatic heterocycles. The Balaban J connectivity index is 1.36. The van der Waals surface area contributed by atoms with Crippen LogP contribution >= 0.6 is 11.8 Å². The van der Waals surface area contributed by atoms with Crippen LogP contribution in [0.15, 0.2) is 126 Å². The van der Waals surface area contributed by atoms with Gasteiger partial charge >= 0.3 is 0 Å². The van der Waals surface area contributed by atoms with Gasteiger partial charge in [-0.15, -0.1) is 11.8 Å². The highest BCUT2D eigenvalue weighted by Crippen LogP contribution is 2.32. The number of fused-ring (bicyclic) bond motifs is 1. The summed E-state index contributed by atoms with van der Waals surface area (Å²) in [5.41, 5.74) is 2.34. The summed E-state index contributed by atoms with van der Waals surface area (Å²) in [6.45, 7) is 1.94. The summed E-state index contributed by atoms with van der Waals surface area (Å²) in [5, 5.41) is 10.2. The topological polar surface area (TPSA) is 106 Å². The molecule has 238 valence electrons. The third-order valence-electron chi connectivity index (χ3n) is 7.35. The fourth-order valence-electron chi connectivity index (χ4n) is 4.93. The second-order valence-electron chi connectivity index (χ2n) is 10.5. The van der Waals surface area contributed by atoms with Gasteiger partial charge < -0.3 is 25.4 Å². The molecule has 5 aromatic rings. The van der Waals surface area contributed by atoms with Gasteiger partial charge in [0.05, 0.1) is 25.2 Å². The standard InChI is InChI=1S/C38H35N3O5S/c1-4-35(38(44)40-32-24-29(45-2)20-21-34(32)46-3)47-30-18-11-17-28(23-30)39-37(43)33(41-36(42)26-13-6-5-7-14-26)22-27-16-10-15-25-12-8-9-19-31(25)27/h5-24,35H,4H2,1-3H3,(H,39,43)(H,40,44)(H,41,42)/b33-22+. The van der Waals surface area contributed by atoms with Crippen molar-refractivity contribution in [3.63, 3.8) is 0 Å². The number of anilines is 2. The Labute approximate surface area is 278 Å². The molecule has 0 aliphatic rings. The molecule has 9 heteroatoms. The monoisotopic (exact) mass is 645 g/mol. The molecule has 0 spiro atoms. The van der Waals surface area contributed by atoms with Crippen LogP contribution in [0.1, 0.15) is 29.3 Å². The van der Waals surface area contributed by atoms with Gasteiger partial charge in [0.1, 0.15) is 17.2 Å². The molecule has 8 nitrogen and oxygen atoms in total. The number of methoxy groups -OCH3 is 2. The van der Waals surface area contributed by atoms with E-state index in [0.29, 0.717) is 34.9 Å². The van der Waals surface area contributed by atoms with E-state index in [1.54, 1.807) is 74.9 Å². The highest BCUT2D eigenvalue weighted by atomic mass is 32.2. The lowest BCUT2D eigenvalue weighted by Crippen LogP contribution is -2.30. The fraction of sp³-hybridized carbons (Fsp3) is 0.132. The van der Waals surface area contributed by atoms with E-state index < -0.39 is 17.1 Å². The highest BCUT2D eigenvalue weighted by molar-refractivity contribution is 8.00. The van der Waals surface area contributed by atoms with Crippen molar-refractivity contribution >= 4 is 57.7 Å². The zero-order valence-electron chi connectivity index (χ0n) is 26.3. The van der Waals surface area contributed by atoms with Crippen molar-refractivity contribution in [3.8, 4) is 11.5 Å². The first-order valence-electron chi connectivity index (χ1n) is 15.0. The summed E-state index contributed by atoms with van der Waals surface area (Å²) in [7, 11) is 3.10. The highest BCUT2D eigenvalue weighted by Gasteiger charge is 2.21. The zero-order valence-corrected chi connectivity index (χ0v) is 27.1. The summed E-state index contributed by atoms with van der Waals surface area (Å²) in [4.78, 5) is 41.0. The Morgan fingerprint density at radius 2 is 1.53 bits per heavy atom. The van der Waals surface area contributed by atoms with Crippen molar-refractivity contribution in [2.45, 2.75) is 23.5 Å². The van der Waals surface area contributed by atoms with Crippen molar-refractivity contribution in [2.75, 3.05) is 24.9 Å². The summed E-state index contributed by atoms with van der Waals surface area (Å²) in [6, 6.07) is 34.9. The van der Waals surface area contributed by atoms with Crippen molar-refractivity contribution in [1.82, 2.24) is 5.32 Å². The van der Waals surface area contributed by atoms with Crippen LogP contribution in [0.3, 0.4) is 0 Å². The fourth-order valence-corrected chi connectivity index (χ4v) is 5.94. The van der Waals surface area contributed by atoms with Crippen molar-refractivity contribution in [2.24, 2.45) is 0 Å². The third-order valence-corrected chi connectivity index (χ3v) is 8.71. The summed E-state index contributed by atoms with van der Waals surface area (Å²) in [5.74, 6) is 0.0391. The molecule has 47 heavy (non-hydrogen) atoms. The van der Waals surface area contributed by atoms with E-state index in [9.17, 15) is 14.4 Å². The van der Waals surface area contributed by atoms with E-state index >= 15 is 0 Å². The first kappa shape index (κ1) is 32.8. The lowest BCUT2D eigenvalue weighted by atomic mass is 10.0. The molecule has 0 heterocycles.